The van der Waals surface area contributed by atoms with Gasteiger partial charge in [-0.3, -0.25) is 9.48 Å². The molecule has 0 saturated heterocycles. The molecule has 1 heterocycles. The summed E-state index contributed by atoms with van der Waals surface area (Å²) in [5.74, 6) is 0.0732. The maximum Gasteiger partial charge on any atom is 0.223 e. The highest BCUT2D eigenvalue weighted by molar-refractivity contribution is 5.75. The number of carbonyl (C=O) groups is 1. The molecule has 0 spiro atoms. The minimum Gasteiger partial charge on any atom is -0.349 e. The molecule has 0 aliphatic carbocycles. The second kappa shape index (κ2) is 4.61. The van der Waals surface area contributed by atoms with E-state index < -0.39 is 5.54 Å². The Bertz CT molecular complexity index is 364. The number of nitrogens with zero attached hydrogens (tertiary/aromatic N) is 4. The number of rotatable bonds is 4. The third kappa shape index (κ3) is 3.30. The van der Waals surface area contributed by atoms with E-state index in [2.05, 4.69) is 10.3 Å². The Hall–Kier alpha value is -1.43. The summed E-state index contributed by atoms with van der Waals surface area (Å²) in [6, 6.07) is 0. The quantitative estimate of drug-likeness (QED) is 0.779. The van der Waals surface area contributed by atoms with Gasteiger partial charge in [-0.05, 0) is 13.8 Å². The molecule has 0 fully saturated rings. The Morgan fingerprint density at radius 1 is 1.56 bits per heavy atom. The van der Waals surface area contributed by atoms with Crippen molar-refractivity contribution in [3.8, 4) is 0 Å². The molecule has 6 heteroatoms. The topological polar surface area (TPSA) is 77.0 Å². The van der Waals surface area contributed by atoms with Gasteiger partial charge in [0.15, 0.2) is 0 Å². The summed E-state index contributed by atoms with van der Waals surface area (Å²) in [6.07, 6.45) is 2.20. The highest BCUT2D eigenvalue weighted by Crippen LogP contribution is 2.12. The number of amides is 1. The average molecular weight is 225 g/mol. The molecule has 0 aliphatic rings. The van der Waals surface area contributed by atoms with Crippen LogP contribution in [-0.4, -0.2) is 39.9 Å². The summed E-state index contributed by atoms with van der Waals surface area (Å²) >= 11 is 0. The Labute approximate surface area is 95.4 Å². The van der Waals surface area contributed by atoms with Crippen molar-refractivity contribution in [1.82, 2.24) is 19.9 Å². The number of hydrogen-bond donors (Lipinski definition) is 1. The number of aromatic nitrogens is 3. The smallest absolute Gasteiger partial charge is 0.223 e. The third-order valence-corrected chi connectivity index (χ3v) is 2.25. The average Bonchev–Trinajstić information content (AvgIpc) is 2.61. The maximum atomic E-state index is 11.4. The second-order valence-corrected chi connectivity index (χ2v) is 4.63. The minimum atomic E-state index is -0.496. The van der Waals surface area contributed by atoms with Gasteiger partial charge in [0.2, 0.25) is 5.91 Å². The van der Waals surface area contributed by atoms with Crippen molar-refractivity contribution in [2.45, 2.75) is 32.4 Å². The molecule has 90 valence electrons. The van der Waals surface area contributed by atoms with Gasteiger partial charge < -0.3 is 10.6 Å². The highest BCUT2D eigenvalue weighted by atomic mass is 16.2. The normalized spacial score (nSPS) is 11.6. The lowest BCUT2D eigenvalue weighted by Gasteiger charge is -2.13. The first-order valence-corrected chi connectivity index (χ1v) is 5.20. The van der Waals surface area contributed by atoms with E-state index in [0.29, 0.717) is 13.0 Å². The van der Waals surface area contributed by atoms with Gasteiger partial charge in [-0.25, -0.2) is 0 Å². The van der Waals surface area contributed by atoms with Crippen LogP contribution < -0.4 is 5.73 Å². The van der Waals surface area contributed by atoms with E-state index in [9.17, 15) is 4.79 Å². The first-order chi connectivity index (χ1) is 7.30. The standard InChI is InChI=1S/C10H19N5O/c1-10(2,11)8-7-15(13-12-8)6-5-9(16)14(3)4/h7H,5-6,11H2,1-4H3. The first-order valence-electron chi connectivity index (χ1n) is 5.20. The summed E-state index contributed by atoms with van der Waals surface area (Å²) in [4.78, 5) is 12.9. The Balaban J connectivity index is 2.57. The second-order valence-electron chi connectivity index (χ2n) is 4.63. The lowest BCUT2D eigenvalue weighted by Crippen LogP contribution is -2.29. The molecular formula is C10H19N5O. The van der Waals surface area contributed by atoms with Gasteiger partial charge in [0, 0.05) is 20.5 Å². The number of nitrogens with two attached hydrogens (primary N) is 1. The molecule has 6 nitrogen and oxygen atoms in total. The molecule has 0 radical (unpaired) electrons. The summed E-state index contributed by atoms with van der Waals surface area (Å²) in [5.41, 5.74) is 6.11. The van der Waals surface area contributed by atoms with Gasteiger partial charge >= 0.3 is 0 Å². The minimum absolute atomic E-state index is 0.0732. The molecule has 0 aromatic carbocycles. The Kier molecular flexibility index (Phi) is 3.64. The first kappa shape index (κ1) is 12.6. The van der Waals surface area contributed by atoms with Gasteiger partial charge in [-0.2, -0.15) is 0 Å². The number of hydrogen-bond acceptors (Lipinski definition) is 4. The van der Waals surface area contributed by atoms with E-state index in [0.717, 1.165) is 5.69 Å². The van der Waals surface area contributed by atoms with E-state index in [4.69, 9.17) is 5.73 Å². The van der Waals surface area contributed by atoms with Crippen LogP contribution in [0, 0.1) is 0 Å². The van der Waals surface area contributed by atoms with E-state index in [-0.39, 0.29) is 5.91 Å². The van der Waals surface area contributed by atoms with Crippen LogP contribution in [0.15, 0.2) is 6.20 Å². The molecule has 16 heavy (non-hydrogen) atoms. The van der Waals surface area contributed by atoms with Crippen LogP contribution >= 0.6 is 0 Å². The van der Waals surface area contributed by atoms with Crippen molar-refractivity contribution in [1.29, 1.82) is 0 Å². The largest absolute Gasteiger partial charge is 0.349 e. The predicted octanol–water partition coefficient (Wildman–Crippen LogP) is -0.0498. The van der Waals surface area contributed by atoms with Crippen molar-refractivity contribution >= 4 is 5.91 Å². The molecule has 0 saturated carbocycles. The summed E-state index contributed by atoms with van der Waals surface area (Å²) in [6.45, 7) is 4.26. The zero-order valence-electron chi connectivity index (χ0n) is 10.3. The van der Waals surface area contributed by atoms with Crippen molar-refractivity contribution < 1.29 is 4.79 Å². The SMILES string of the molecule is CN(C)C(=O)CCn1cc(C(C)(C)N)nn1. The predicted molar refractivity (Wildman–Crippen MR) is 60.5 cm³/mol. The molecular weight excluding hydrogens is 206 g/mol. The van der Waals surface area contributed by atoms with Crippen LogP contribution in [0.25, 0.3) is 0 Å². The zero-order chi connectivity index (χ0) is 12.3. The van der Waals surface area contributed by atoms with Gasteiger partial charge in [0.25, 0.3) is 0 Å². The molecule has 1 aromatic rings. The summed E-state index contributed by atoms with van der Waals surface area (Å²) < 4.78 is 1.64. The van der Waals surface area contributed by atoms with Crippen LogP contribution in [0.5, 0.6) is 0 Å². The van der Waals surface area contributed by atoms with E-state index in [1.54, 1.807) is 29.9 Å². The fourth-order valence-electron chi connectivity index (χ4n) is 1.14. The molecule has 1 rings (SSSR count). The molecule has 0 atom stereocenters. The molecule has 1 amide bonds. The Morgan fingerprint density at radius 2 is 2.19 bits per heavy atom. The fourth-order valence-corrected chi connectivity index (χ4v) is 1.14. The van der Waals surface area contributed by atoms with Crippen LogP contribution in [0.2, 0.25) is 0 Å². The van der Waals surface area contributed by atoms with E-state index in [1.807, 2.05) is 13.8 Å². The monoisotopic (exact) mass is 225 g/mol. The Morgan fingerprint density at radius 3 is 2.62 bits per heavy atom. The number of aryl methyl sites for hydroxylation is 1. The van der Waals surface area contributed by atoms with E-state index >= 15 is 0 Å². The molecule has 0 aliphatic heterocycles. The van der Waals surface area contributed by atoms with Crippen LogP contribution in [-0.2, 0) is 16.9 Å². The van der Waals surface area contributed by atoms with Crippen molar-refractivity contribution in [3.63, 3.8) is 0 Å². The van der Waals surface area contributed by atoms with Gasteiger partial charge in [0.05, 0.1) is 18.3 Å². The van der Waals surface area contributed by atoms with Crippen molar-refractivity contribution in [3.05, 3.63) is 11.9 Å². The van der Waals surface area contributed by atoms with Gasteiger partial charge in [-0.1, -0.05) is 5.21 Å². The lowest BCUT2D eigenvalue weighted by atomic mass is 10.0. The lowest BCUT2D eigenvalue weighted by molar-refractivity contribution is -0.128. The van der Waals surface area contributed by atoms with Crippen molar-refractivity contribution in [2.75, 3.05) is 14.1 Å². The maximum absolute atomic E-state index is 11.4. The highest BCUT2D eigenvalue weighted by Gasteiger charge is 2.18. The van der Waals surface area contributed by atoms with Crippen LogP contribution in [0.4, 0.5) is 0 Å². The van der Waals surface area contributed by atoms with Gasteiger partial charge in [-0.15, -0.1) is 5.10 Å². The van der Waals surface area contributed by atoms with Crippen LogP contribution in [0.3, 0.4) is 0 Å². The fraction of sp³-hybridized carbons (Fsp3) is 0.700. The molecule has 2 N–H and O–H groups in total. The molecule has 0 unspecified atom stereocenters. The van der Waals surface area contributed by atoms with E-state index in [1.165, 1.54) is 0 Å². The van der Waals surface area contributed by atoms with Crippen LogP contribution in [0.1, 0.15) is 26.0 Å². The van der Waals surface area contributed by atoms with Gasteiger partial charge in [0.1, 0.15) is 5.69 Å². The molecule has 0 bridgehead atoms. The zero-order valence-corrected chi connectivity index (χ0v) is 10.3. The van der Waals surface area contributed by atoms with Crippen molar-refractivity contribution in [2.24, 2.45) is 5.73 Å². The third-order valence-electron chi connectivity index (χ3n) is 2.25. The number of carbonyl (C=O) groups excluding carboxylic acids is 1. The molecule has 1 aromatic heterocycles. The summed E-state index contributed by atoms with van der Waals surface area (Å²) in [5, 5.41) is 7.90. The summed E-state index contributed by atoms with van der Waals surface area (Å²) in [7, 11) is 3.47.